The lowest BCUT2D eigenvalue weighted by atomic mass is 10.1. The van der Waals surface area contributed by atoms with Gasteiger partial charge in [-0.25, -0.2) is 0 Å². The van der Waals surface area contributed by atoms with Gasteiger partial charge in [0.25, 0.3) is 0 Å². The molecule has 0 amide bonds. The first-order chi connectivity index (χ1) is 13.9. The van der Waals surface area contributed by atoms with Crippen LogP contribution in [0.2, 0.25) is 0 Å². The lowest BCUT2D eigenvalue weighted by Crippen LogP contribution is -2.03. The van der Waals surface area contributed by atoms with Crippen LogP contribution in [0.25, 0.3) is 6.08 Å². The SMILES string of the molecule is COc1cc(OC)c(/C=C/S(=O)Cc2ccc(OC)c(CC(=O)O)c2)c(OC)c1. The molecular weight excluding hydrogens is 396 g/mol. The maximum absolute atomic E-state index is 12.6. The number of hydrogen-bond acceptors (Lipinski definition) is 6. The maximum atomic E-state index is 12.6. The van der Waals surface area contributed by atoms with Crippen LogP contribution in [-0.4, -0.2) is 43.7 Å². The van der Waals surface area contributed by atoms with Crippen LogP contribution >= 0.6 is 0 Å². The maximum Gasteiger partial charge on any atom is 0.307 e. The van der Waals surface area contributed by atoms with Crippen LogP contribution in [0, 0.1) is 0 Å². The standard InChI is InChI=1S/C21H24O7S/c1-25-16-11-19(27-3)17(20(12-16)28-4)7-8-29(24)13-14-5-6-18(26-2)15(9-14)10-21(22)23/h5-9,11-12H,10,13H2,1-4H3,(H,22,23)/b8-7+. The lowest BCUT2D eigenvalue weighted by molar-refractivity contribution is -0.136. The summed E-state index contributed by atoms with van der Waals surface area (Å²) in [7, 11) is 4.75. The average Bonchev–Trinajstić information content (AvgIpc) is 2.71. The number of carboxylic acid groups (broad SMARTS) is 1. The van der Waals surface area contributed by atoms with Gasteiger partial charge in [0.15, 0.2) is 0 Å². The molecule has 0 saturated heterocycles. The molecule has 0 heterocycles. The zero-order chi connectivity index (χ0) is 21.4. The van der Waals surface area contributed by atoms with Gasteiger partial charge >= 0.3 is 5.97 Å². The van der Waals surface area contributed by atoms with Gasteiger partial charge in [-0.1, -0.05) is 12.1 Å². The first-order valence-electron chi connectivity index (χ1n) is 8.64. The quantitative estimate of drug-likeness (QED) is 0.631. The van der Waals surface area contributed by atoms with E-state index in [1.165, 1.54) is 21.3 Å². The number of rotatable bonds is 10. The molecule has 1 unspecified atom stereocenters. The number of carbonyl (C=O) groups is 1. The molecule has 1 atom stereocenters. The third-order valence-electron chi connectivity index (χ3n) is 4.14. The molecule has 1 N–H and O–H groups in total. The van der Waals surface area contributed by atoms with Gasteiger partial charge in [0.2, 0.25) is 0 Å². The Kier molecular flexibility index (Phi) is 8.09. The lowest BCUT2D eigenvalue weighted by Gasteiger charge is -2.12. The second-order valence-corrected chi connectivity index (χ2v) is 7.31. The van der Waals surface area contributed by atoms with Crippen LogP contribution in [-0.2, 0) is 27.8 Å². The fourth-order valence-corrected chi connectivity index (χ4v) is 3.67. The van der Waals surface area contributed by atoms with E-state index in [2.05, 4.69) is 0 Å². The van der Waals surface area contributed by atoms with Crippen molar-refractivity contribution in [3.63, 3.8) is 0 Å². The van der Waals surface area contributed by atoms with Crippen molar-refractivity contribution >= 4 is 22.8 Å². The van der Waals surface area contributed by atoms with E-state index in [9.17, 15) is 9.00 Å². The van der Waals surface area contributed by atoms with Crippen molar-refractivity contribution in [1.82, 2.24) is 0 Å². The van der Waals surface area contributed by atoms with E-state index < -0.39 is 16.8 Å². The fourth-order valence-electron chi connectivity index (χ4n) is 2.78. The minimum atomic E-state index is -1.34. The Labute approximate surface area is 172 Å². The van der Waals surface area contributed by atoms with Crippen LogP contribution in [0.1, 0.15) is 16.7 Å². The fraction of sp³-hybridized carbons (Fsp3) is 0.286. The Balaban J connectivity index is 2.23. The number of benzene rings is 2. The van der Waals surface area contributed by atoms with Crippen molar-refractivity contribution in [2.75, 3.05) is 28.4 Å². The van der Waals surface area contributed by atoms with Crippen LogP contribution in [0.4, 0.5) is 0 Å². The minimum Gasteiger partial charge on any atom is -0.496 e. The van der Waals surface area contributed by atoms with E-state index in [1.54, 1.807) is 48.9 Å². The monoisotopic (exact) mass is 420 g/mol. The predicted octanol–water partition coefficient (Wildman–Crippen LogP) is 3.27. The summed E-state index contributed by atoms with van der Waals surface area (Å²) in [6.45, 7) is 0. The molecule has 0 aliphatic rings. The molecular formula is C21H24O7S. The Bertz CT molecular complexity index is 896. The molecule has 7 nitrogen and oxygen atoms in total. The van der Waals surface area contributed by atoms with Crippen molar-refractivity contribution in [2.45, 2.75) is 12.2 Å². The molecule has 0 aliphatic heterocycles. The first kappa shape index (κ1) is 22.3. The van der Waals surface area contributed by atoms with Crippen molar-refractivity contribution in [1.29, 1.82) is 0 Å². The van der Waals surface area contributed by atoms with Crippen molar-refractivity contribution in [2.24, 2.45) is 0 Å². The first-order valence-corrected chi connectivity index (χ1v) is 10.0. The summed E-state index contributed by atoms with van der Waals surface area (Å²) in [5, 5.41) is 10.6. The largest absolute Gasteiger partial charge is 0.496 e. The summed E-state index contributed by atoms with van der Waals surface area (Å²) in [6.07, 6.45) is 1.51. The number of hydrogen-bond donors (Lipinski definition) is 1. The van der Waals surface area contributed by atoms with Crippen molar-refractivity contribution in [3.8, 4) is 23.0 Å². The molecule has 0 radical (unpaired) electrons. The number of methoxy groups -OCH3 is 4. The number of aliphatic carboxylic acids is 1. The third kappa shape index (κ3) is 5.99. The molecule has 0 fully saturated rings. The highest BCUT2D eigenvalue weighted by atomic mass is 32.2. The summed E-state index contributed by atoms with van der Waals surface area (Å²) in [4.78, 5) is 11.0. The van der Waals surface area contributed by atoms with Crippen LogP contribution in [0.5, 0.6) is 23.0 Å². The van der Waals surface area contributed by atoms with Gasteiger partial charge in [-0.2, -0.15) is 0 Å². The number of carboxylic acids is 1. The zero-order valence-corrected chi connectivity index (χ0v) is 17.6. The van der Waals surface area contributed by atoms with E-state index in [4.69, 9.17) is 24.1 Å². The highest BCUT2D eigenvalue weighted by Crippen LogP contribution is 2.35. The smallest absolute Gasteiger partial charge is 0.307 e. The van der Waals surface area contributed by atoms with Gasteiger partial charge in [-0.05, 0) is 17.7 Å². The second-order valence-electron chi connectivity index (χ2n) is 5.99. The molecule has 0 bridgehead atoms. The van der Waals surface area contributed by atoms with Gasteiger partial charge < -0.3 is 24.1 Å². The molecule has 2 aromatic carbocycles. The van der Waals surface area contributed by atoms with Gasteiger partial charge in [0.1, 0.15) is 23.0 Å². The molecule has 2 aromatic rings. The van der Waals surface area contributed by atoms with Crippen LogP contribution in [0.3, 0.4) is 0 Å². The van der Waals surface area contributed by atoms with Crippen LogP contribution in [0.15, 0.2) is 35.7 Å². The van der Waals surface area contributed by atoms with Gasteiger partial charge in [-0.15, -0.1) is 0 Å². The summed E-state index contributed by atoms with van der Waals surface area (Å²) >= 11 is 0. The van der Waals surface area contributed by atoms with Gasteiger partial charge in [-0.3, -0.25) is 9.00 Å². The number of ether oxygens (including phenoxy) is 4. The Morgan fingerprint density at radius 2 is 1.59 bits per heavy atom. The normalized spacial score (nSPS) is 11.9. The highest BCUT2D eigenvalue weighted by Gasteiger charge is 2.12. The Morgan fingerprint density at radius 3 is 2.10 bits per heavy atom. The van der Waals surface area contributed by atoms with Gasteiger partial charge in [0.05, 0.1) is 57.0 Å². The third-order valence-corrected chi connectivity index (χ3v) is 5.19. The molecule has 0 saturated carbocycles. The second kappa shape index (κ2) is 10.5. The minimum absolute atomic E-state index is 0.167. The topological polar surface area (TPSA) is 91.3 Å². The van der Waals surface area contributed by atoms with Crippen molar-refractivity contribution in [3.05, 3.63) is 52.4 Å². The summed E-state index contributed by atoms with van der Waals surface area (Å²) < 4.78 is 33.7. The van der Waals surface area contributed by atoms with E-state index in [0.717, 1.165) is 5.56 Å². The van der Waals surface area contributed by atoms with Crippen molar-refractivity contribution < 1.29 is 33.1 Å². The van der Waals surface area contributed by atoms with E-state index in [0.29, 0.717) is 34.1 Å². The summed E-state index contributed by atoms with van der Waals surface area (Å²) in [6, 6.07) is 8.58. The molecule has 8 heteroatoms. The zero-order valence-electron chi connectivity index (χ0n) is 16.8. The van der Waals surface area contributed by atoms with Crippen LogP contribution < -0.4 is 18.9 Å². The summed E-state index contributed by atoms with van der Waals surface area (Å²) in [5.74, 6) is 1.41. The molecule has 0 spiro atoms. The predicted molar refractivity (Wildman–Crippen MR) is 111 cm³/mol. The van der Waals surface area contributed by atoms with E-state index >= 15 is 0 Å². The molecule has 29 heavy (non-hydrogen) atoms. The molecule has 156 valence electrons. The average molecular weight is 420 g/mol. The van der Waals surface area contributed by atoms with Gasteiger partial charge in [0, 0.05) is 23.1 Å². The Morgan fingerprint density at radius 1 is 0.966 bits per heavy atom. The van der Waals surface area contributed by atoms with E-state index in [1.807, 2.05) is 0 Å². The Hall–Kier alpha value is -3.00. The molecule has 2 rings (SSSR count). The molecule has 0 aliphatic carbocycles. The molecule has 0 aromatic heterocycles. The van der Waals surface area contributed by atoms with E-state index in [-0.39, 0.29) is 12.2 Å². The summed E-state index contributed by atoms with van der Waals surface area (Å²) in [5.41, 5.74) is 1.93. The highest BCUT2D eigenvalue weighted by molar-refractivity contribution is 7.87.